The smallest absolute Gasteiger partial charge is 0.160 e. The van der Waals surface area contributed by atoms with Crippen molar-refractivity contribution in [2.24, 2.45) is 0 Å². The molecule has 0 saturated heterocycles. The molecule has 6 aromatic carbocycles. The lowest BCUT2D eigenvalue weighted by Crippen LogP contribution is -1.97. The van der Waals surface area contributed by atoms with Gasteiger partial charge in [0.2, 0.25) is 0 Å². The highest BCUT2D eigenvalue weighted by Crippen LogP contribution is 2.36. The highest BCUT2D eigenvalue weighted by molar-refractivity contribution is 6.05. The Morgan fingerprint density at radius 1 is 0.587 bits per heavy atom. The van der Waals surface area contributed by atoms with Crippen molar-refractivity contribution in [3.63, 3.8) is 0 Å². The first-order valence-electron chi connectivity index (χ1n) is 15.1. The summed E-state index contributed by atoms with van der Waals surface area (Å²) in [7, 11) is 0. The Morgan fingerprint density at radius 2 is 1.24 bits per heavy atom. The monoisotopic (exact) mass is 587 g/mol. The number of hydrogen-bond acceptors (Lipinski definition) is 3. The molecule has 0 unspecified atom stereocenters. The summed E-state index contributed by atoms with van der Waals surface area (Å²) in [4.78, 5) is 9.90. The summed E-state index contributed by atoms with van der Waals surface area (Å²) in [6.07, 6.45) is 5.45. The number of nitriles is 1. The first-order chi connectivity index (χ1) is 22.6. The zero-order valence-corrected chi connectivity index (χ0v) is 25.2. The minimum atomic E-state index is 0.651. The fourth-order valence-corrected chi connectivity index (χ4v) is 5.96. The van der Waals surface area contributed by atoms with Gasteiger partial charge in [-0.15, -0.1) is 0 Å². The van der Waals surface area contributed by atoms with Gasteiger partial charge in [-0.3, -0.25) is 0 Å². The van der Waals surface area contributed by atoms with Gasteiger partial charge in [-0.2, -0.15) is 5.26 Å². The predicted molar refractivity (Wildman–Crippen MR) is 192 cm³/mol. The van der Waals surface area contributed by atoms with E-state index in [0.717, 1.165) is 55.6 Å². The Kier molecular flexibility index (Phi) is 7.61. The Labute approximate surface area is 268 Å². The van der Waals surface area contributed by atoms with Crippen molar-refractivity contribution >= 4 is 27.1 Å². The molecule has 0 saturated carbocycles. The number of rotatable bonds is 7. The zero-order chi connectivity index (χ0) is 31.5. The summed E-state index contributed by atoms with van der Waals surface area (Å²) in [6.45, 7) is 7.85. The topological polar surface area (TPSA) is 49.6 Å². The van der Waals surface area contributed by atoms with E-state index in [1.165, 1.54) is 16.3 Å². The van der Waals surface area contributed by atoms with Crippen LogP contribution in [-0.4, -0.2) is 9.97 Å². The highest BCUT2D eigenvalue weighted by Gasteiger charge is 2.13. The van der Waals surface area contributed by atoms with Crippen LogP contribution in [0.1, 0.15) is 11.3 Å². The third-order valence-electron chi connectivity index (χ3n) is 8.27. The molecule has 3 nitrogen and oxygen atoms in total. The molecule has 0 amide bonds. The largest absolute Gasteiger partial charge is 0.228 e. The van der Waals surface area contributed by atoms with Crippen molar-refractivity contribution in [2.45, 2.75) is 0 Å². The Morgan fingerprint density at radius 3 is 1.93 bits per heavy atom. The van der Waals surface area contributed by atoms with Crippen LogP contribution in [0.25, 0.3) is 72.0 Å². The molecule has 0 N–H and O–H groups in total. The van der Waals surface area contributed by atoms with Crippen molar-refractivity contribution in [1.29, 1.82) is 5.26 Å². The van der Waals surface area contributed by atoms with Crippen LogP contribution in [0.15, 0.2) is 165 Å². The zero-order valence-electron chi connectivity index (χ0n) is 25.2. The van der Waals surface area contributed by atoms with Crippen molar-refractivity contribution < 1.29 is 0 Å². The number of fused-ring (bicyclic) bond motifs is 2. The molecule has 0 radical (unpaired) electrons. The molecular formula is C43H29N3. The Balaban J connectivity index is 1.29. The lowest BCUT2D eigenvalue weighted by molar-refractivity contribution is 1.16. The minimum Gasteiger partial charge on any atom is -0.228 e. The van der Waals surface area contributed by atoms with Gasteiger partial charge in [-0.25, -0.2) is 9.97 Å². The van der Waals surface area contributed by atoms with E-state index in [0.29, 0.717) is 11.4 Å². The van der Waals surface area contributed by atoms with E-state index >= 15 is 0 Å². The summed E-state index contributed by atoms with van der Waals surface area (Å²) in [5.41, 5.74) is 9.75. The van der Waals surface area contributed by atoms with Gasteiger partial charge in [0.05, 0.1) is 23.0 Å². The number of benzene rings is 6. The molecule has 7 aromatic rings. The molecule has 1 aromatic heterocycles. The predicted octanol–water partition coefficient (Wildman–Crippen LogP) is 11.1. The maximum absolute atomic E-state index is 9.29. The van der Waals surface area contributed by atoms with Crippen LogP contribution >= 0.6 is 0 Å². The molecule has 216 valence electrons. The minimum absolute atomic E-state index is 0.651. The molecule has 1 heterocycles. The molecule has 46 heavy (non-hydrogen) atoms. The van der Waals surface area contributed by atoms with Gasteiger partial charge in [-0.05, 0) is 73.6 Å². The average molecular weight is 588 g/mol. The van der Waals surface area contributed by atoms with Crippen molar-refractivity contribution in [3.05, 3.63) is 176 Å². The van der Waals surface area contributed by atoms with Crippen LogP contribution < -0.4 is 0 Å². The van der Waals surface area contributed by atoms with E-state index in [1.807, 2.05) is 48.5 Å². The second kappa shape index (κ2) is 12.3. The van der Waals surface area contributed by atoms with Crippen LogP contribution in [0, 0.1) is 11.3 Å². The summed E-state index contributed by atoms with van der Waals surface area (Å²) in [6, 6.07) is 48.1. The van der Waals surface area contributed by atoms with Gasteiger partial charge >= 0.3 is 0 Å². The van der Waals surface area contributed by atoms with Gasteiger partial charge in [0.25, 0.3) is 0 Å². The van der Waals surface area contributed by atoms with Crippen molar-refractivity contribution in [3.8, 4) is 51.0 Å². The van der Waals surface area contributed by atoms with Gasteiger partial charge in [0.1, 0.15) is 0 Å². The highest BCUT2D eigenvalue weighted by atomic mass is 14.9. The maximum atomic E-state index is 9.29. The molecular weight excluding hydrogens is 558 g/mol. The van der Waals surface area contributed by atoms with E-state index in [9.17, 15) is 5.26 Å². The van der Waals surface area contributed by atoms with E-state index in [2.05, 4.69) is 110 Å². The summed E-state index contributed by atoms with van der Waals surface area (Å²) < 4.78 is 0. The fraction of sp³-hybridized carbons (Fsp3) is 0. The lowest BCUT2D eigenvalue weighted by atomic mass is 9.92. The van der Waals surface area contributed by atoms with Crippen LogP contribution in [-0.2, 0) is 0 Å². The SMILES string of the molecule is C=C/C=C(\C=C)c1cc(-c2ccccc2)nc(-c2ccc(-c3cccc4c(-c5ccc6cc(C#N)ccc6c5)cccc34)cc2)n1. The van der Waals surface area contributed by atoms with Crippen LogP contribution in [0.5, 0.6) is 0 Å². The van der Waals surface area contributed by atoms with E-state index in [1.54, 1.807) is 12.2 Å². The summed E-state index contributed by atoms with van der Waals surface area (Å²) >= 11 is 0. The Bertz CT molecular complexity index is 2340. The summed E-state index contributed by atoms with van der Waals surface area (Å²) in [5.74, 6) is 0.651. The Hall–Kier alpha value is -6.37. The van der Waals surface area contributed by atoms with E-state index in [-0.39, 0.29) is 0 Å². The fourth-order valence-electron chi connectivity index (χ4n) is 5.96. The molecule has 0 bridgehead atoms. The number of nitrogens with zero attached hydrogens (tertiary/aromatic N) is 3. The van der Waals surface area contributed by atoms with E-state index < -0.39 is 0 Å². The van der Waals surface area contributed by atoms with Crippen LogP contribution in [0.4, 0.5) is 0 Å². The normalized spacial score (nSPS) is 11.3. The molecule has 0 aliphatic heterocycles. The second-order valence-electron chi connectivity index (χ2n) is 11.1. The van der Waals surface area contributed by atoms with Gasteiger partial charge in [-0.1, -0.05) is 141 Å². The van der Waals surface area contributed by atoms with Crippen molar-refractivity contribution in [2.75, 3.05) is 0 Å². The first-order valence-corrected chi connectivity index (χ1v) is 15.1. The summed E-state index contributed by atoms with van der Waals surface area (Å²) in [5, 5.41) is 13.8. The molecule has 0 atom stereocenters. The standard InChI is InChI=1S/C43H29N3/c1-3-10-30(4-2)41-27-42(32-11-6-5-7-12-32)46-43(45-41)33-21-19-31(20-22-33)37-13-8-16-40-38(14-9-15-39(37)40)36-24-23-34-25-29(28-44)17-18-35(34)26-36/h3-27H,1-2H2/b30-10+. The van der Waals surface area contributed by atoms with Crippen molar-refractivity contribution in [1.82, 2.24) is 9.97 Å². The third-order valence-corrected chi connectivity index (χ3v) is 8.27. The number of hydrogen-bond donors (Lipinski definition) is 0. The molecule has 0 aliphatic carbocycles. The van der Waals surface area contributed by atoms with Gasteiger partial charge in [0.15, 0.2) is 5.82 Å². The van der Waals surface area contributed by atoms with E-state index in [4.69, 9.17) is 9.97 Å². The molecule has 0 spiro atoms. The third kappa shape index (κ3) is 5.41. The maximum Gasteiger partial charge on any atom is 0.160 e. The van der Waals surface area contributed by atoms with Gasteiger partial charge < -0.3 is 0 Å². The lowest BCUT2D eigenvalue weighted by Gasteiger charge is -2.13. The second-order valence-corrected chi connectivity index (χ2v) is 11.1. The number of aromatic nitrogens is 2. The van der Waals surface area contributed by atoms with Crippen LogP contribution in [0.2, 0.25) is 0 Å². The van der Waals surface area contributed by atoms with Gasteiger partial charge in [0, 0.05) is 11.1 Å². The quantitative estimate of drug-likeness (QED) is 0.174. The molecule has 3 heteroatoms. The van der Waals surface area contributed by atoms with Crippen LogP contribution in [0.3, 0.4) is 0 Å². The number of allylic oxidation sites excluding steroid dienone is 4. The molecule has 0 fully saturated rings. The molecule has 7 rings (SSSR count). The first kappa shape index (κ1) is 28.4. The molecule has 0 aliphatic rings. The average Bonchev–Trinajstić information content (AvgIpc) is 3.13.